The zero-order valence-corrected chi connectivity index (χ0v) is 17.0. The Morgan fingerprint density at radius 2 is 1.90 bits per heavy atom. The van der Waals surface area contributed by atoms with Crippen molar-refractivity contribution in [1.82, 2.24) is 0 Å². The maximum Gasteiger partial charge on any atom is 0.265 e. The second-order valence-electron chi connectivity index (χ2n) is 6.70. The van der Waals surface area contributed by atoms with Gasteiger partial charge in [0.1, 0.15) is 11.5 Å². The summed E-state index contributed by atoms with van der Waals surface area (Å²) in [4.78, 5) is 26.7. The van der Waals surface area contributed by atoms with E-state index in [0.29, 0.717) is 40.0 Å². The molecule has 2 amide bonds. The number of nitrogens with zero attached hydrogens (tertiary/aromatic N) is 1. The topological polar surface area (TPSA) is 67.9 Å². The van der Waals surface area contributed by atoms with Crippen LogP contribution in [0.15, 0.2) is 66.7 Å². The standard InChI is InChI=1S/C23H19ClN2O4/c1-29-20-9-5-3-7-17(20)23(28)25-16-10-11-19-21(12-16)30-14-22(27)26(19)13-15-6-2-4-8-18(15)24/h2-12H,13-14H2,1H3,(H,25,28). The van der Waals surface area contributed by atoms with E-state index >= 15 is 0 Å². The molecule has 0 radical (unpaired) electrons. The molecule has 0 bridgehead atoms. The molecule has 152 valence electrons. The molecule has 0 spiro atoms. The molecule has 0 atom stereocenters. The van der Waals surface area contributed by atoms with E-state index in [1.807, 2.05) is 18.2 Å². The predicted octanol–water partition coefficient (Wildman–Crippen LogP) is 4.53. The van der Waals surface area contributed by atoms with Gasteiger partial charge in [-0.2, -0.15) is 0 Å². The van der Waals surface area contributed by atoms with Crippen molar-refractivity contribution in [3.05, 3.63) is 82.9 Å². The van der Waals surface area contributed by atoms with E-state index < -0.39 is 0 Å². The number of hydrogen-bond donors (Lipinski definition) is 1. The summed E-state index contributed by atoms with van der Waals surface area (Å²) < 4.78 is 10.9. The van der Waals surface area contributed by atoms with Crippen LogP contribution in [0.25, 0.3) is 0 Å². The van der Waals surface area contributed by atoms with Crippen LogP contribution in [0.1, 0.15) is 15.9 Å². The monoisotopic (exact) mass is 422 g/mol. The normalized spacial score (nSPS) is 12.7. The highest BCUT2D eigenvalue weighted by Gasteiger charge is 2.26. The first-order valence-electron chi connectivity index (χ1n) is 9.32. The Bertz CT molecular complexity index is 1120. The molecule has 0 saturated carbocycles. The summed E-state index contributed by atoms with van der Waals surface area (Å²) in [5, 5.41) is 3.44. The Kier molecular flexibility index (Phi) is 5.59. The van der Waals surface area contributed by atoms with Crippen LogP contribution in [0.3, 0.4) is 0 Å². The van der Waals surface area contributed by atoms with Gasteiger partial charge in [0.05, 0.1) is 24.9 Å². The average Bonchev–Trinajstić information content (AvgIpc) is 2.77. The molecule has 0 unspecified atom stereocenters. The van der Waals surface area contributed by atoms with Crippen LogP contribution in [0.4, 0.5) is 11.4 Å². The fourth-order valence-corrected chi connectivity index (χ4v) is 3.48. The molecule has 30 heavy (non-hydrogen) atoms. The number of carbonyl (C=O) groups is 2. The number of fused-ring (bicyclic) bond motifs is 1. The van der Waals surface area contributed by atoms with Crippen LogP contribution >= 0.6 is 11.6 Å². The number of anilines is 2. The molecule has 1 N–H and O–H groups in total. The molecule has 0 fully saturated rings. The third kappa shape index (κ3) is 3.95. The van der Waals surface area contributed by atoms with Crippen LogP contribution in [0, 0.1) is 0 Å². The number of carbonyl (C=O) groups excluding carboxylic acids is 2. The van der Waals surface area contributed by atoms with Gasteiger partial charge >= 0.3 is 0 Å². The molecule has 0 saturated heterocycles. The summed E-state index contributed by atoms with van der Waals surface area (Å²) in [6.45, 7) is 0.253. The first-order chi connectivity index (χ1) is 14.6. The second kappa shape index (κ2) is 8.47. The fraction of sp³-hybridized carbons (Fsp3) is 0.130. The van der Waals surface area contributed by atoms with E-state index in [4.69, 9.17) is 21.1 Å². The Labute approximate surface area is 179 Å². The zero-order valence-electron chi connectivity index (χ0n) is 16.2. The summed E-state index contributed by atoms with van der Waals surface area (Å²) in [5.74, 6) is 0.542. The maximum atomic E-state index is 12.6. The Morgan fingerprint density at radius 1 is 1.13 bits per heavy atom. The summed E-state index contributed by atoms with van der Waals surface area (Å²) in [5.41, 5.74) is 2.45. The minimum atomic E-state index is -0.299. The number of halogens is 1. The number of para-hydroxylation sites is 1. The van der Waals surface area contributed by atoms with Crippen molar-refractivity contribution in [2.75, 3.05) is 23.9 Å². The summed E-state index contributed by atoms with van der Waals surface area (Å²) in [6.07, 6.45) is 0. The second-order valence-corrected chi connectivity index (χ2v) is 7.10. The van der Waals surface area contributed by atoms with Crippen molar-refractivity contribution in [2.45, 2.75) is 6.54 Å². The maximum absolute atomic E-state index is 12.6. The third-order valence-electron chi connectivity index (χ3n) is 4.80. The highest BCUT2D eigenvalue weighted by molar-refractivity contribution is 6.31. The van der Waals surface area contributed by atoms with Crippen molar-refractivity contribution in [3.63, 3.8) is 0 Å². The Hall–Kier alpha value is -3.51. The number of amides is 2. The molecule has 3 aromatic rings. The third-order valence-corrected chi connectivity index (χ3v) is 5.17. The van der Waals surface area contributed by atoms with Gasteiger partial charge in [-0.25, -0.2) is 0 Å². The van der Waals surface area contributed by atoms with Crippen LogP contribution in [0.2, 0.25) is 5.02 Å². The van der Waals surface area contributed by atoms with E-state index in [2.05, 4.69) is 5.32 Å². The van der Waals surface area contributed by atoms with Crippen molar-refractivity contribution in [2.24, 2.45) is 0 Å². The van der Waals surface area contributed by atoms with Crippen LogP contribution < -0.4 is 19.7 Å². The smallest absolute Gasteiger partial charge is 0.265 e. The van der Waals surface area contributed by atoms with Crippen molar-refractivity contribution < 1.29 is 19.1 Å². The molecule has 0 aromatic heterocycles. The molecule has 1 aliphatic rings. The van der Waals surface area contributed by atoms with Gasteiger partial charge in [-0.1, -0.05) is 41.9 Å². The largest absolute Gasteiger partial charge is 0.496 e. The first kappa shape index (κ1) is 19.8. The van der Waals surface area contributed by atoms with E-state index in [-0.39, 0.29) is 18.4 Å². The number of hydrogen-bond acceptors (Lipinski definition) is 4. The lowest BCUT2D eigenvalue weighted by Gasteiger charge is -2.30. The Balaban J connectivity index is 1.58. The van der Waals surface area contributed by atoms with Gasteiger partial charge in [-0.05, 0) is 35.9 Å². The van der Waals surface area contributed by atoms with Gasteiger partial charge in [0.15, 0.2) is 6.61 Å². The number of nitrogens with one attached hydrogen (secondary N) is 1. The molecule has 7 heteroatoms. The molecule has 6 nitrogen and oxygen atoms in total. The summed E-state index contributed by atoms with van der Waals surface area (Å²) in [6, 6.07) is 19.6. The number of rotatable bonds is 5. The molecular weight excluding hydrogens is 404 g/mol. The van der Waals surface area contributed by atoms with Gasteiger partial charge in [0.2, 0.25) is 0 Å². The average molecular weight is 423 g/mol. The fourth-order valence-electron chi connectivity index (χ4n) is 3.28. The SMILES string of the molecule is COc1ccccc1C(=O)Nc1ccc2c(c1)OCC(=O)N2Cc1ccccc1Cl. The lowest BCUT2D eigenvalue weighted by molar-refractivity contribution is -0.121. The molecule has 0 aliphatic carbocycles. The summed E-state index contributed by atoms with van der Waals surface area (Å²) >= 11 is 6.26. The summed E-state index contributed by atoms with van der Waals surface area (Å²) in [7, 11) is 1.52. The van der Waals surface area contributed by atoms with E-state index in [0.717, 1.165) is 5.56 Å². The molecule has 1 aliphatic heterocycles. The number of methoxy groups -OCH3 is 1. The highest BCUT2D eigenvalue weighted by atomic mass is 35.5. The van der Waals surface area contributed by atoms with E-state index in [9.17, 15) is 9.59 Å². The van der Waals surface area contributed by atoms with Gasteiger partial charge in [-0.15, -0.1) is 0 Å². The first-order valence-corrected chi connectivity index (χ1v) is 9.69. The molecule has 4 rings (SSSR count). The van der Waals surface area contributed by atoms with Crippen molar-refractivity contribution in [1.29, 1.82) is 0 Å². The van der Waals surface area contributed by atoms with Crippen molar-refractivity contribution in [3.8, 4) is 11.5 Å². The van der Waals surface area contributed by atoms with E-state index in [1.165, 1.54) is 7.11 Å². The minimum Gasteiger partial charge on any atom is -0.496 e. The molecule has 3 aromatic carbocycles. The molecule has 1 heterocycles. The highest BCUT2D eigenvalue weighted by Crippen LogP contribution is 2.36. The lowest BCUT2D eigenvalue weighted by atomic mass is 10.1. The van der Waals surface area contributed by atoms with E-state index in [1.54, 1.807) is 53.4 Å². The minimum absolute atomic E-state index is 0.0820. The van der Waals surface area contributed by atoms with Gasteiger partial charge in [0.25, 0.3) is 11.8 Å². The van der Waals surface area contributed by atoms with Crippen molar-refractivity contribution >= 4 is 34.8 Å². The van der Waals surface area contributed by atoms with Crippen LogP contribution in [-0.4, -0.2) is 25.5 Å². The van der Waals surface area contributed by atoms with Gasteiger partial charge < -0.3 is 19.7 Å². The van der Waals surface area contributed by atoms with Crippen LogP contribution in [-0.2, 0) is 11.3 Å². The number of ether oxygens (including phenoxy) is 2. The zero-order chi connectivity index (χ0) is 21.1. The molecular formula is C23H19ClN2O4. The predicted molar refractivity (Wildman–Crippen MR) is 116 cm³/mol. The van der Waals surface area contributed by atoms with Gasteiger partial charge in [-0.3, -0.25) is 9.59 Å². The Morgan fingerprint density at radius 3 is 2.70 bits per heavy atom. The van der Waals surface area contributed by atoms with Gasteiger partial charge in [0, 0.05) is 16.8 Å². The quantitative estimate of drug-likeness (QED) is 0.656. The lowest BCUT2D eigenvalue weighted by Crippen LogP contribution is -2.38. The number of benzene rings is 3. The van der Waals surface area contributed by atoms with Crippen LogP contribution in [0.5, 0.6) is 11.5 Å².